The van der Waals surface area contributed by atoms with E-state index in [-0.39, 0.29) is 47.5 Å². The van der Waals surface area contributed by atoms with E-state index in [1.165, 1.54) is 11.6 Å². The van der Waals surface area contributed by atoms with Gasteiger partial charge in [0.15, 0.2) is 0 Å². The minimum Gasteiger partial charge on any atom is -0.491 e. The molecule has 0 aromatic heterocycles. The Balaban J connectivity index is 1.33. The van der Waals surface area contributed by atoms with E-state index < -0.39 is 0 Å². The molecule has 0 amide bonds. The minimum absolute atomic E-state index is 0.00887. The summed E-state index contributed by atoms with van der Waals surface area (Å²) in [5, 5.41) is 0. The van der Waals surface area contributed by atoms with Crippen LogP contribution in [0.2, 0.25) is 0 Å². The number of ether oxygens (including phenoxy) is 6. The molecule has 1 saturated carbocycles. The smallest absolute Gasteiger partial charge is 0.331 e. The lowest BCUT2D eigenvalue weighted by Gasteiger charge is -2.42. The number of allylic oxidation sites excluding steroid dienone is 1. The van der Waals surface area contributed by atoms with E-state index in [1.807, 2.05) is 38.1 Å². The van der Waals surface area contributed by atoms with Gasteiger partial charge in [-0.1, -0.05) is 23.8 Å². The van der Waals surface area contributed by atoms with Crippen molar-refractivity contribution in [3.8, 4) is 5.75 Å². The quantitative estimate of drug-likeness (QED) is 0.126. The zero-order valence-corrected chi connectivity index (χ0v) is 23.0. The third-order valence-electron chi connectivity index (χ3n) is 7.60. The van der Waals surface area contributed by atoms with Gasteiger partial charge in [0, 0.05) is 13.2 Å². The van der Waals surface area contributed by atoms with Crippen LogP contribution in [0.3, 0.4) is 0 Å². The molecule has 4 rings (SSSR count). The number of benzene rings is 1. The molecule has 2 heterocycles. The maximum Gasteiger partial charge on any atom is 0.331 e. The Morgan fingerprint density at radius 2 is 1.92 bits per heavy atom. The fourth-order valence-corrected chi connectivity index (χ4v) is 5.54. The third kappa shape index (κ3) is 6.82. The molecule has 0 radical (unpaired) electrons. The largest absolute Gasteiger partial charge is 0.491 e. The molecule has 6 atom stereocenters. The number of carbonyl (C=O) groups excluding carboxylic acids is 1. The van der Waals surface area contributed by atoms with E-state index in [2.05, 4.69) is 26.8 Å². The molecule has 2 unspecified atom stereocenters. The molecule has 37 heavy (non-hydrogen) atoms. The van der Waals surface area contributed by atoms with E-state index in [9.17, 15) is 4.79 Å². The van der Waals surface area contributed by atoms with Crippen LogP contribution in [0.15, 0.2) is 42.0 Å². The first-order valence-electron chi connectivity index (χ1n) is 13.4. The van der Waals surface area contributed by atoms with Crippen molar-refractivity contribution in [1.29, 1.82) is 0 Å². The van der Waals surface area contributed by atoms with Crippen LogP contribution in [0, 0.1) is 5.92 Å². The van der Waals surface area contributed by atoms with Gasteiger partial charge in [0.25, 0.3) is 0 Å². The second kappa shape index (κ2) is 11.7. The highest BCUT2D eigenvalue weighted by Crippen LogP contribution is 2.59. The highest BCUT2D eigenvalue weighted by molar-refractivity contribution is 5.87. The van der Waals surface area contributed by atoms with Crippen LogP contribution < -0.4 is 4.74 Å². The van der Waals surface area contributed by atoms with Gasteiger partial charge in [-0.2, -0.15) is 0 Å². The molecular formula is C30H42O7. The molecule has 3 fully saturated rings. The van der Waals surface area contributed by atoms with Crippen molar-refractivity contribution >= 4 is 12.0 Å². The van der Waals surface area contributed by atoms with Gasteiger partial charge in [0.2, 0.25) is 0 Å². The SMILES string of the molecule is CO[C@H]1C([C@]2(C)OC2CC=C(C)C)[C@]2(CC[C@H]1OC(=O)/C=C/c1ccc(OCCOC(C)C)cc1)CO2. The number of hydrogen-bond donors (Lipinski definition) is 0. The maximum atomic E-state index is 12.8. The van der Waals surface area contributed by atoms with E-state index in [0.717, 1.165) is 24.2 Å². The van der Waals surface area contributed by atoms with Gasteiger partial charge in [-0.05, 0) is 77.7 Å². The van der Waals surface area contributed by atoms with E-state index >= 15 is 0 Å². The first-order chi connectivity index (χ1) is 17.7. The molecule has 1 spiro atoms. The van der Waals surface area contributed by atoms with Crippen LogP contribution in [0.25, 0.3) is 6.08 Å². The Hall–Kier alpha value is -2.19. The van der Waals surface area contributed by atoms with Crippen molar-refractivity contribution in [2.75, 3.05) is 26.9 Å². The Morgan fingerprint density at radius 3 is 2.54 bits per heavy atom. The monoisotopic (exact) mass is 514 g/mol. The van der Waals surface area contributed by atoms with Gasteiger partial charge in [0.1, 0.15) is 35.8 Å². The molecule has 1 aliphatic carbocycles. The van der Waals surface area contributed by atoms with E-state index in [4.69, 9.17) is 28.4 Å². The second-order valence-electron chi connectivity index (χ2n) is 11.0. The van der Waals surface area contributed by atoms with Crippen LogP contribution >= 0.6 is 0 Å². The molecule has 3 aliphatic rings. The van der Waals surface area contributed by atoms with Crippen LogP contribution in [-0.2, 0) is 28.5 Å². The lowest BCUT2D eigenvalue weighted by atomic mass is 9.68. The fourth-order valence-electron chi connectivity index (χ4n) is 5.54. The summed E-state index contributed by atoms with van der Waals surface area (Å²) in [6, 6.07) is 7.57. The van der Waals surface area contributed by atoms with Gasteiger partial charge in [-0.25, -0.2) is 4.79 Å². The number of rotatable bonds is 12. The maximum absolute atomic E-state index is 12.8. The Labute approximate surface area is 221 Å². The zero-order chi connectivity index (χ0) is 26.6. The first-order valence-corrected chi connectivity index (χ1v) is 13.4. The minimum atomic E-state index is -0.382. The Kier molecular flexibility index (Phi) is 8.79. The number of carbonyl (C=O) groups is 1. The van der Waals surface area contributed by atoms with E-state index in [0.29, 0.717) is 26.2 Å². The third-order valence-corrected chi connectivity index (χ3v) is 7.60. The first kappa shape index (κ1) is 27.8. The summed E-state index contributed by atoms with van der Waals surface area (Å²) in [6.45, 7) is 12.1. The number of hydrogen-bond acceptors (Lipinski definition) is 7. The summed E-state index contributed by atoms with van der Waals surface area (Å²) >= 11 is 0. The molecule has 0 bridgehead atoms. The van der Waals surface area contributed by atoms with Crippen LogP contribution in [-0.4, -0.2) is 68.5 Å². The predicted molar refractivity (Wildman–Crippen MR) is 141 cm³/mol. The molecule has 2 aliphatic heterocycles. The van der Waals surface area contributed by atoms with Crippen molar-refractivity contribution in [2.45, 2.75) is 89.5 Å². The van der Waals surface area contributed by atoms with Crippen molar-refractivity contribution < 1.29 is 33.2 Å². The van der Waals surface area contributed by atoms with Gasteiger partial charge in [0.05, 0.1) is 31.3 Å². The topological polar surface area (TPSA) is 79.1 Å². The number of epoxide rings is 2. The van der Waals surface area contributed by atoms with Gasteiger partial charge in [-0.3, -0.25) is 0 Å². The standard InChI is InChI=1S/C30H42O7/c1-20(2)7-13-25-29(5,37-25)28-27(32-6)24(15-16-30(28)19-35-30)36-26(31)14-10-22-8-11-23(12-9-22)34-18-17-33-21(3)4/h7-12,14,21,24-25,27-28H,13,15-19H2,1-6H3/b14-10+/t24-,25?,27-,28?,29-,30+/m1/s1. The summed E-state index contributed by atoms with van der Waals surface area (Å²) in [7, 11) is 1.69. The average Bonchev–Trinajstić information content (AvgIpc) is 3.78. The fraction of sp³-hybridized carbons (Fsp3) is 0.633. The molecular weight excluding hydrogens is 472 g/mol. The second-order valence-corrected chi connectivity index (χ2v) is 11.0. The lowest BCUT2D eigenvalue weighted by Crippen LogP contribution is -2.55. The van der Waals surface area contributed by atoms with Crippen LogP contribution in [0.1, 0.15) is 59.4 Å². The Morgan fingerprint density at radius 1 is 1.19 bits per heavy atom. The molecule has 1 aromatic rings. The summed E-state index contributed by atoms with van der Waals surface area (Å²) in [6.07, 6.45) is 7.51. The molecule has 7 heteroatoms. The van der Waals surface area contributed by atoms with E-state index in [1.54, 1.807) is 13.2 Å². The predicted octanol–water partition coefficient (Wildman–Crippen LogP) is 5.12. The normalized spacial score (nSPS) is 32.5. The zero-order valence-electron chi connectivity index (χ0n) is 23.0. The molecule has 7 nitrogen and oxygen atoms in total. The summed E-state index contributed by atoms with van der Waals surface area (Å²) in [5.41, 5.74) is 1.57. The van der Waals surface area contributed by atoms with Crippen molar-refractivity contribution in [3.63, 3.8) is 0 Å². The molecule has 2 saturated heterocycles. The molecule has 204 valence electrons. The van der Waals surface area contributed by atoms with Crippen molar-refractivity contribution in [3.05, 3.63) is 47.6 Å². The lowest BCUT2D eigenvalue weighted by molar-refractivity contribution is -0.166. The van der Waals surface area contributed by atoms with Crippen LogP contribution in [0.4, 0.5) is 0 Å². The summed E-state index contributed by atoms with van der Waals surface area (Å²) in [4.78, 5) is 12.8. The van der Waals surface area contributed by atoms with Crippen molar-refractivity contribution in [1.82, 2.24) is 0 Å². The van der Waals surface area contributed by atoms with Crippen molar-refractivity contribution in [2.24, 2.45) is 5.92 Å². The van der Waals surface area contributed by atoms with Gasteiger partial charge >= 0.3 is 5.97 Å². The van der Waals surface area contributed by atoms with Gasteiger partial charge in [-0.15, -0.1) is 0 Å². The number of methoxy groups -OCH3 is 1. The highest BCUT2D eigenvalue weighted by Gasteiger charge is 2.72. The average molecular weight is 515 g/mol. The highest BCUT2D eigenvalue weighted by atomic mass is 16.6. The Bertz CT molecular complexity index is 974. The number of esters is 1. The van der Waals surface area contributed by atoms with Gasteiger partial charge < -0.3 is 28.4 Å². The summed E-state index contributed by atoms with van der Waals surface area (Å²) < 4.78 is 35.3. The molecule has 0 N–H and O–H groups in total. The van der Waals surface area contributed by atoms with Crippen LogP contribution in [0.5, 0.6) is 5.75 Å². The summed E-state index contributed by atoms with van der Waals surface area (Å²) in [5.74, 6) is 0.389. The molecule has 1 aromatic carbocycles.